The number of rotatable bonds is 3. The highest BCUT2D eigenvalue weighted by Crippen LogP contribution is 1.99. The molecule has 1 aromatic rings. The van der Waals surface area contributed by atoms with E-state index >= 15 is 0 Å². The largest absolute Gasteiger partial charge is 0.378 e. The Labute approximate surface area is 93.7 Å². The number of morpholine rings is 1. The van der Waals surface area contributed by atoms with Crippen LogP contribution in [0, 0.1) is 0 Å². The second-order valence-corrected chi connectivity index (χ2v) is 3.69. The zero-order valence-electron chi connectivity index (χ0n) is 9.06. The summed E-state index contributed by atoms with van der Waals surface area (Å²) in [6.07, 6.45) is 6.50. The van der Waals surface area contributed by atoms with Gasteiger partial charge in [-0.15, -0.1) is 0 Å². The minimum Gasteiger partial charge on any atom is -0.378 e. The van der Waals surface area contributed by atoms with Gasteiger partial charge in [0.25, 0.3) is 5.56 Å². The molecule has 0 aliphatic carbocycles. The minimum atomic E-state index is -0.155. The summed E-state index contributed by atoms with van der Waals surface area (Å²) in [5, 5.41) is 6.10. The van der Waals surface area contributed by atoms with Crippen molar-refractivity contribution in [1.29, 1.82) is 0 Å². The van der Waals surface area contributed by atoms with Gasteiger partial charge in [-0.3, -0.25) is 4.79 Å². The van der Waals surface area contributed by atoms with Gasteiger partial charge in [-0.05, 0) is 18.2 Å². The van der Waals surface area contributed by atoms with Gasteiger partial charge in [0.15, 0.2) is 0 Å². The summed E-state index contributed by atoms with van der Waals surface area (Å²) in [6.45, 7) is 3.45. The Kier molecular flexibility index (Phi) is 3.71. The van der Waals surface area contributed by atoms with E-state index in [4.69, 9.17) is 4.74 Å². The first kappa shape index (κ1) is 10.9. The molecule has 0 amide bonds. The number of allylic oxidation sites excluding steroid dienone is 1. The molecule has 0 radical (unpaired) electrons. The molecule has 0 bridgehead atoms. The average molecular weight is 221 g/mol. The fraction of sp³-hybridized carbons (Fsp3) is 0.455. The molecule has 2 rings (SSSR count). The molecule has 1 aromatic heterocycles. The molecule has 0 spiro atoms. The summed E-state index contributed by atoms with van der Waals surface area (Å²) in [5.41, 5.74) is 0.769. The van der Waals surface area contributed by atoms with Crippen LogP contribution in [-0.4, -0.2) is 41.4 Å². The first-order valence-corrected chi connectivity index (χ1v) is 5.37. The van der Waals surface area contributed by atoms with Crippen LogP contribution in [0.4, 0.5) is 0 Å². The Morgan fingerprint density at radius 2 is 2.31 bits per heavy atom. The van der Waals surface area contributed by atoms with E-state index in [1.807, 2.05) is 6.08 Å². The molecule has 5 nitrogen and oxygen atoms in total. The molecule has 1 aliphatic rings. The predicted molar refractivity (Wildman–Crippen MR) is 60.1 cm³/mol. The predicted octanol–water partition coefficient (Wildman–Crippen LogP) is 0.158. The SMILES string of the molecule is O=c1cc(C/C=C/N2CCOCC2)cn[nH]1. The third-order valence-corrected chi connectivity index (χ3v) is 2.44. The van der Waals surface area contributed by atoms with Gasteiger partial charge in [0.05, 0.1) is 19.4 Å². The molecule has 2 heterocycles. The van der Waals surface area contributed by atoms with Crippen LogP contribution in [0.15, 0.2) is 29.3 Å². The van der Waals surface area contributed by atoms with Crippen LogP contribution in [0.3, 0.4) is 0 Å². The molecule has 0 aromatic carbocycles. The minimum absolute atomic E-state index is 0.155. The fourth-order valence-corrected chi connectivity index (χ4v) is 1.59. The molecule has 1 fully saturated rings. The standard InChI is InChI=1S/C11H15N3O2/c15-11-8-10(9-12-13-11)2-1-3-14-4-6-16-7-5-14/h1,3,8-9H,2,4-7H2,(H,13,15)/b3-1+. The van der Waals surface area contributed by atoms with Crippen LogP contribution in [0.25, 0.3) is 0 Å². The molecule has 16 heavy (non-hydrogen) atoms. The molecular formula is C11H15N3O2. The Bertz CT molecular complexity index is 408. The lowest BCUT2D eigenvalue weighted by molar-refractivity contribution is 0.0593. The smallest absolute Gasteiger partial charge is 0.264 e. The number of ether oxygens (including phenoxy) is 1. The first-order chi connectivity index (χ1) is 7.84. The molecular weight excluding hydrogens is 206 g/mol. The molecule has 1 N–H and O–H groups in total. The van der Waals surface area contributed by atoms with Gasteiger partial charge in [-0.2, -0.15) is 5.10 Å². The highest BCUT2D eigenvalue weighted by molar-refractivity contribution is 5.10. The van der Waals surface area contributed by atoms with Crippen LogP contribution in [0.2, 0.25) is 0 Å². The Balaban J connectivity index is 1.86. The Morgan fingerprint density at radius 1 is 1.50 bits per heavy atom. The number of hydrogen-bond acceptors (Lipinski definition) is 4. The summed E-state index contributed by atoms with van der Waals surface area (Å²) in [5.74, 6) is 0. The van der Waals surface area contributed by atoms with Crippen molar-refractivity contribution >= 4 is 0 Å². The molecule has 0 unspecified atom stereocenters. The second-order valence-electron chi connectivity index (χ2n) is 3.69. The van der Waals surface area contributed by atoms with Crippen molar-refractivity contribution in [2.24, 2.45) is 0 Å². The van der Waals surface area contributed by atoms with Gasteiger partial charge >= 0.3 is 0 Å². The third kappa shape index (κ3) is 3.20. The van der Waals surface area contributed by atoms with Gasteiger partial charge < -0.3 is 9.64 Å². The van der Waals surface area contributed by atoms with Gasteiger partial charge in [0.1, 0.15) is 0 Å². The Hall–Kier alpha value is -1.62. The van der Waals surface area contributed by atoms with E-state index in [2.05, 4.69) is 21.3 Å². The summed E-state index contributed by atoms with van der Waals surface area (Å²) >= 11 is 0. The monoisotopic (exact) mass is 221 g/mol. The van der Waals surface area contributed by atoms with Gasteiger partial charge in [-0.1, -0.05) is 6.08 Å². The zero-order chi connectivity index (χ0) is 11.2. The highest BCUT2D eigenvalue weighted by Gasteiger charge is 2.04. The molecule has 0 saturated carbocycles. The van der Waals surface area contributed by atoms with Crippen molar-refractivity contribution in [1.82, 2.24) is 15.1 Å². The average Bonchev–Trinajstić information content (AvgIpc) is 2.30. The Morgan fingerprint density at radius 3 is 3.06 bits per heavy atom. The van der Waals surface area contributed by atoms with E-state index in [1.165, 1.54) is 0 Å². The zero-order valence-corrected chi connectivity index (χ0v) is 9.06. The summed E-state index contributed by atoms with van der Waals surface area (Å²) in [4.78, 5) is 13.2. The molecule has 86 valence electrons. The van der Waals surface area contributed by atoms with Gasteiger partial charge in [0.2, 0.25) is 0 Å². The normalized spacial score (nSPS) is 16.9. The maximum atomic E-state index is 11.0. The van der Waals surface area contributed by atoms with Crippen molar-refractivity contribution in [2.75, 3.05) is 26.3 Å². The molecule has 5 heteroatoms. The number of H-pyrrole nitrogens is 1. The third-order valence-electron chi connectivity index (χ3n) is 2.44. The summed E-state index contributed by atoms with van der Waals surface area (Å²) in [6, 6.07) is 1.57. The lowest BCUT2D eigenvalue weighted by Crippen LogP contribution is -2.32. The highest BCUT2D eigenvalue weighted by atomic mass is 16.5. The molecule has 0 atom stereocenters. The number of hydrogen-bond donors (Lipinski definition) is 1. The second kappa shape index (κ2) is 5.46. The lowest BCUT2D eigenvalue weighted by Gasteiger charge is -2.24. The van der Waals surface area contributed by atoms with Crippen molar-refractivity contribution < 1.29 is 4.74 Å². The lowest BCUT2D eigenvalue weighted by atomic mass is 10.2. The number of nitrogens with zero attached hydrogens (tertiary/aromatic N) is 2. The van der Waals surface area contributed by atoms with Gasteiger partial charge in [0, 0.05) is 19.2 Å². The van der Waals surface area contributed by atoms with E-state index in [0.717, 1.165) is 38.3 Å². The maximum absolute atomic E-state index is 11.0. The van der Waals surface area contributed by atoms with E-state index in [0.29, 0.717) is 0 Å². The topological polar surface area (TPSA) is 58.2 Å². The number of aromatic amines is 1. The molecule has 1 saturated heterocycles. The van der Waals surface area contributed by atoms with Gasteiger partial charge in [-0.25, -0.2) is 5.10 Å². The van der Waals surface area contributed by atoms with Crippen LogP contribution < -0.4 is 5.56 Å². The van der Waals surface area contributed by atoms with Crippen molar-refractivity contribution in [3.8, 4) is 0 Å². The first-order valence-electron chi connectivity index (χ1n) is 5.37. The van der Waals surface area contributed by atoms with Crippen molar-refractivity contribution in [3.05, 3.63) is 40.5 Å². The van der Waals surface area contributed by atoms with E-state index < -0.39 is 0 Å². The van der Waals surface area contributed by atoms with Crippen LogP contribution in [-0.2, 0) is 11.2 Å². The van der Waals surface area contributed by atoms with Crippen LogP contribution in [0.1, 0.15) is 5.56 Å². The van der Waals surface area contributed by atoms with E-state index in [9.17, 15) is 4.79 Å². The van der Waals surface area contributed by atoms with E-state index in [1.54, 1.807) is 12.3 Å². The molecule has 1 aliphatic heterocycles. The number of nitrogens with one attached hydrogen (secondary N) is 1. The van der Waals surface area contributed by atoms with Crippen LogP contribution >= 0.6 is 0 Å². The van der Waals surface area contributed by atoms with Crippen molar-refractivity contribution in [2.45, 2.75) is 6.42 Å². The summed E-state index contributed by atoms with van der Waals surface area (Å²) < 4.78 is 5.25. The van der Waals surface area contributed by atoms with Crippen LogP contribution in [0.5, 0.6) is 0 Å². The van der Waals surface area contributed by atoms with Crippen molar-refractivity contribution in [3.63, 3.8) is 0 Å². The summed E-state index contributed by atoms with van der Waals surface area (Å²) in [7, 11) is 0. The fourth-order valence-electron chi connectivity index (χ4n) is 1.59. The number of aromatic nitrogens is 2. The maximum Gasteiger partial charge on any atom is 0.264 e. The quantitative estimate of drug-likeness (QED) is 0.789. The van der Waals surface area contributed by atoms with E-state index in [-0.39, 0.29) is 5.56 Å².